The third kappa shape index (κ3) is 3.40. The SMILES string of the molecule is CC(=O)c1cc(C(=O)NCC[C@@H]2CCCN2)cs1. The van der Waals surface area contributed by atoms with E-state index < -0.39 is 0 Å². The first-order chi connectivity index (χ1) is 8.66. The lowest BCUT2D eigenvalue weighted by Crippen LogP contribution is -2.30. The Morgan fingerprint density at radius 2 is 2.39 bits per heavy atom. The van der Waals surface area contributed by atoms with E-state index in [1.54, 1.807) is 11.4 Å². The fourth-order valence-corrected chi connectivity index (χ4v) is 2.90. The van der Waals surface area contributed by atoms with E-state index >= 15 is 0 Å². The predicted octanol–water partition coefficient (Wildman–Crippen LogP) is 1.82. The third-order valence-corrected chi connectivity index (χ3v) is 4.18. The molecule has 98 valence electrons. The molecule has 0 saturated carbocycles. The summed E-state index contributed by atoms with van der Waals surface area (Å²) in [5.41, 5.74) is 0.588. The molecule has 0 radical (unpaired) electrons. The van der Waals surface area contributed by atoms with Crippen LogP contribution in [-0.2, 0) is 0 Å². The molecular weight excluding hydrogens is 248 g/mol. The Hall–Kier alpha value is -1.20. The van der Waals surface area contributed by atoms with Crippen molar-refractivity contribution in [3.63, 3.8) is 0 Å². The normalized spacial score (nSPS) is 18.8. The third-order valence-electron chi connectivity index (χ3n) is 3.15. The molecule has 0 spiro atoms. The number of amides is 1. The van der Waals surface area contributed by atoms with Gasteiger partial charge in [-0.2, -0.15) is 0 Å². The van der Waals surface area contributed by atoms with Crippen molar-refractivity contribution in [3.05, 3.63) is 21.9 Å². The van der Waals surface area contributed by atoms with Crippen molar-refractivity contribution in [2.75, 3.05) is 13.1 Å². The van der Waals surface area contributed by atoms with Gasteiger partial charge in [0.15, 0.2) is 5.78 Å². The first-order valence-corrected chi connectivity index (χ1v) is 7.16. The minimum absolute atomic E-state index is 0.00852. The molecule has 5 heteroatoms. The summed E-state index contributed by atoms with van der Waals surface area (Å²) in [5, 5.41) is 8.03. The van der Waals surface area contributed by atoms with Gasteiger partial charge < -0.3 is 10.6 Å². The van der Waals surface area contributed by atoms with Crippen LogP contribution in [0.3, 0.4) is 0 Å². The van der Waals surface area contributed by atoms with Crippen molar-refractivity contribution in [1.29, 1.82) is 0 Å². The average molecular weight is 266 g/mol. The molecule has 1 fully saturated rings. The van der Waals surface area contributed by atoms with Crippen molar-refractivity contribution < 1.29 is 9.59 Å². The van der Waals surface area contributed by atoms with Crippen LogP contribution in [0, 0.1) is 0 Å². The molecule has 1 amide bonds. The standard InChI is InChI=1S/C13H18N2O2S/c1-9(16)12-7-10(8-18-12)13(17)15-6-4-11-3-2-5-14-11/h7-8,11,14H,2-6H2,1H3,(H,15,17)/t11-/m0/s1. The summed E-state index contributed by atoms with van der Waals surface area (Å²) in [6.45, 7) is 3.28. The molecule has 1 aliphatic heterocycles. The summed E-state index contributed by atoms with van der Waals surface area (Å²) in [6.07, 6.45) is 3.39. The number of ketones is 1. The molecule has 1 aliphatic rings. The van der Waals surface area contributed by atoms with E-state index in [2.05, 4.69) is 10.6 Å². The summed E-state index contributed by atoms with van der Waals surface area (Å²) >= 11 is 1.32. The summed E-state index contributed by atoms with van der Waals surface area (Å²) in [7, 11) is 0. The van der Waals surface area contributed by atoms with Gasteiger partial charge in [0.05, 0.1) is 10.4 Å². The second kappa shape index (κ2) is 6.11. The second-order valence-electron chi connectivity index (χ2n) is 4.59. The number of hydrogen-bond donors (Lipinski definition) is 2. The molecule has 0 aromatic carbocycles. The van der Waals surface area contributed by atoms with E-state index in [-0.39, 0.29) is 11.7 Å². The number of thiophene rings is 1. The largest absolute Gasteiger partial charge is 0.352 e. The van der Waals surface area contributed by atoms with Crippen molar-refractivity contribution in [1.82, 2.24) is 10.6 Å². The highest BCUT2D eigenvalue weighted by Gasteiger charge is 2.14. The van der Waals surface area contributed by atoms with E-state index in [4.69, 9.17) is 0 Å². The maximum Gasteiger partial charge on any atom is 0.252 e. The van der Waals surface area contributed by atoms with Crippen LogP contribution >= 0.6 is 11.3 Å². The number of hydrogen-bond acceptors (Lipinski definition) is 4. The lowest BCUT2D eigenvalue weighted by molar-refractivity contribution is 0.0952. The Labute approximate surface area is 111 Å². The molecule has 0 unspecified atom stereocenters. The zero-order chi connectivity index (χ0) is 13.0. The van der Waals surface area contributed by atoms with Crippen LogP contribution in [0.4, 0.5) is 0 Å². The Kier molecular flexibility index (Phi) is 4.49. The van der Waals surface area contributed by atoms with Gasteiger partial charge in [0.2, 0.25) is 0 Å². The Balaban J connectivity index is 1.77. The minimum Gasteiger partial charge on any atom is -0.352 e. The fraction of sp³-hybridized carbons (Fsp3) is 0.538. The molecule has 2 heterocycles. The van der Waals surface area contributed by atoms with Gasteiger partial charge in [-0.05, 0) is 38.8 Å². The van der Waals surface area contributed by atoms with Crippen LogP contribution in [0.2, 0.25) is 0 Å². The van der Waals surface area contributed by atoms with Crippen LogP contribution in [0.5, 0.6) is 0 Å². The molecule has 1 saturated heterocycles. The highest BCUT2D eigenvalue weighted by Crippen LogP contribution is 2.15. The number of carbonyl (C=O) groups is 2. The highest BCUT2D eigenvalue weighted by atomic mass is 32.1. The zero-order valence-corrected chi connectivity index (χ0v) is 11.3. The predicted molar refractivity (Wildman–Crippen MR) is 72.3 cm³/mol. The topological polar surface area (TPSA) is 58.2 Å². The summed E-state index contributed by atoms with van der Waals surface area (Å²) in [5.74, 6) is -0.0778. The molecule has 2 N–H and O–H groups in total. The first kappa shape index (κ1) is 13.2. The van der Waals surface area contributed by atoms with Crippen molar-refractivity contribution in [3.8, 4) is 0 Å². The monoisotopic (exact) mass is 266 g/mol. The molecule has 1 aromatic rings. The summed E-state index contributed by atoms with van der Waals surface area (Å²) in [6, 6.07) is 2.21. The van der Waals surface area contributed by atoms with Crippen molar-refractivity contribution in [2.45, 2.75) is 32.2 Å². The van der Waals surface area contributed by atoms with Gasteiger partial charge in [-0.1, -0.05) is 0 Å². The zero-order valence-electron chi connectivity index (χ0n) is 10.5. The number of carbonyl (C=O) groups excluding carboxylic acids is 2. The first-order valence-electron chi connectivity index (χ1n) is 6.28. The number of rotatable bonds is 5. The van der Waals surface area contributed by atoms with Crippen molar-refractivity contribution >= 4 is 23.0 Å². The van der Waals surface area contributed by atoms with Crippen LogP contribution in [0.1, 0.15) is 46.2 Å². The molecular formula is C13H18N2O2S. The Morgan fingerprint density at radius 3 is 3.00 bits per heavy atom. The maximum atomic E-state index is 11.8. The van der Waals surface area contributed by atoms with E-state index in [0.717, 1.165) is 13.0 Å². The molecule has 1 aromatic heterocycles. The van der Waals surface area contributed by atoms with Crippen molar-refractivity contribution in [2.24, 2.45) is 0 Å². The van der Waals surface area contributed by atoms with Gasteiger partial charge >= 0.3 is 0 Å². The van der Waals surface area contributed by atoms with E-state index in [0.29, 0.717) is 23.0 Å². The van der Waals surface area contributed by atoms with Gasteiger partial charge in [-0.15, -0.1) is 11.3 Å². The lowest BCUT2D eigenvalue weighted by Gasteiger charge is -2.10. The lowest BCUT2D eigenvalue weighted by atomic mass is 10.1. The molecule has 2 rings (SSSR count). The van der Waals surface area contributed by atoms with E-state index in [9.17, 15) is 9.59 Å². The van der Waals surface area contributed by atoms with Gasteiger partial charge in [0.1, 0.15) is 0 Å². The Morgan fingerprint density at radius 1 is 1.56 bits per heavy atom. The van der Waals surface area contributed by atoms with E-state index in [1.807, 2.05) is 0 Å². The number of Topliss-reactive ketones (excluding diaryl/α,β-unsaturated/α-hetero) is 1. The maximum absolute atomic E-state index is 11.8. The number of nitrogens with one attached hydrogen (secondary N) is 2. The van der Waals surface area contributed by atoms with Gasteiger partial charge in [-0.25, -0.2) is 0 Å². The molecule has 4 nitrogen and oxygen atoms in total. The van der Waals surface area contributed by atoms with E-state index in [1.165, 1.54) is 31.1 Å². The van der Waals surface area contributed by atoms with Crippen LogP contribution in [-0.4, -0.2) is 30.8 Å². The molecule has 18 heavy (non-hydrogen) atoms. The Bertz CT molecular complexity index is 436. The molecule has 0 bridgehead atoms. The van der Waals surface area contributed by atoms with Crippen LogP contribution in [0.25, 0.3) is 0 Å². The molecule has 0 aliphatic carbocycles. The van der Waals surface area contributed by atoms with Gasteiger partial charge in [0, 0.05) is 18.0 Å². The molecule has 1 atom stereocenters. The summed E-state index contributed by atoms with van der Waals surface area (Å²) in [4.78, 5) is 23.6. The van der Waals surface area contributed by atoms with Gasteiger partial charge in [0.25, 0.3) is 5.91 Å². The van der Waals surface area contributed by atoms with Crippen LogP contribution < -0.4 is 10.6 Å². The quantitative estimate of drug-likeness (QED) is 0.799. The van der Waals surface area contributed by atoms with Crippen LogP contribution in [0.15, 0.2) is 11.4 Å². The average Bonchev–Trinajstić information content (AvgIpc) is 2.99. The minimum atomic E-state index is -0.0863. The van der Waals surface area contributed by atoms with Gasteiger partial charge in [-0.3, -0.25) is 9.59 Å². The highest BCUT2D eigenvalue weighted by molar-refractivity contribution is 7.12. The summed E-state index contributed by atoms with van der Waals surface area (Å²) < 4.78 is 0. The fourth-order valence-electron chi connectivity index (χ4n) is 2.11. The smallest absolute Gasteiger partial charge is 0.252 e. The second-order valence-corrected chi connectivity index (χ2v) is 5.50.